The molecule has 1 saturated carbocycles. The molecule has 1 aromatic carbocycles. The van der Waals surface area contributed by atoms with E-state index < -0.39 is 5.97 Å². The summed E-state index contributed by atoms with van der Waals surface area (Å²) in [5.74, 6) is 0.264. The minimum absolute atomic E-state index is 0.0891. The highest BCUT2D eigenvalue weighted by Gasteiger charge is 2.28. The van der Waals surface area contributed by atoms with E-state index in [1.54, 1.807) is 0 Å². The van der Waals surface area contributed by atoms with E-state index in [-0.39, 0.29) is 12.3 Å². The molecule has 1 aliphatic carbocycles. The second-order valence-electron chi connectivity index (χ2n) is 6.03. The lowest BCUT2D eigenvalue weighted by molar-refractivity contribution is -0.137. The van der Waals surface area contributed by atoms with Gasteiger partial charge in [0.15, 0.2) is 0 Å². The van der Waals surface area contributed by atoms with Gasteiger partial charge in [0, 0.05) is 18.8 Å². The van der Waals surface area contributed by atoms with Crippen LogP contribution < -0.4 is 4.90 Å². The molecule has 2 aliphatic rings. The molecule has 0 saturated heterocycles. The van der Waals surface area contributed by atoms with Crippen LogP contribution in [0.1, 0.15) is 43.2 Å². The first-order chi connectivity index (χ1) is 9.13. The number of aliphatic carboxylic acids is 1. The summed E-state index contributed by atoms with van der Waals surface area (Å²) in [4.78, 5) is 13.3. The Bertz CT molecular complexity index is 494. The molecule has 1 fully saturated rings. The molecule has 0 aromatic heterocycles. The maximum absolute atomic E-state index is 10.8. The molecular formula is C16H21NO2. The third-order valence-corrected chi connectivity index (χ3v) is 4.33. The highest BCUT2D eigenvalue weighted by molar-refractivity contribution is 5.68. The zero-order valence-corrected chi connectivity index (χ0v) is 11.4. The minimum atomic E-state index is -0.720. The van der Waals surface area contributed by atoms with Crippen molar-refractivity contribution in [3.8, 4) is 0 Å². The van der Waals surface area contributed by atoms with Crippen molar-refractivity contribution in [2.24, 2.45) is 5.92 Å². The monoisotopic (exact) mass is 259 g/mol. The smallest absolute Gasteiger partial charge is 0.303 e. The largest absolute Gasteiger partial charge is 0.481 e. The number of hydrogen-bond donors (Lipinski definition) is 1. The molecule has 19 heavy (non-hydrogen) atoms. The van der Waals surface area contributed by atoms with Crippen LogP contribution in [0.5, 0.6) is 0 Å². The third kappa shape index (κ3) is 2.75. The number of anilines is 1. The van der Waals surface area contributed by atoms with Gasteiger partial charge in [-0.1, -0.05) is 19.1 Å². The summed E-state index contributed by atoms with van der Waals surface area (Å²) < 4.78 is 0. The van der Waals surface area contributed by atoms with E-state index in [0.29, 0.717) is 0 Å². The highest BCUT2D eigenvalue weighted by Crippen LogP contribution is 2.36. The number of fused-ring (bicyclic) bond motifs is 1. The number of hydrogen-bond acceptors (Lipinski definition) is 2. The minimum Gasteiger partial charge on any atom is -0.481 e. The van der Waals surface area contributed by atoms with Crippen LogP contribution >= 0.6 is 0 Å². The first-order valence-electron chi connectivity index (χ1n) is 7.23. The predicted molar refractivity (Wildman–Crippen MR) is 75.8 cm³/mol. The SMILES string of the molecule is CC(CC(=O)O)c1ccc2c(c1)N(CC1CC1)CC2. The van der Waals surface area contributed by atoms with Gasteiger partial charge >= 0.3 is 5.97 Å². The Morgan fingerprint density at radius 1 is 1.47 bits per heavy atom. The van der Waals surface area contributed by atoms with Crippen LogP contribution in [-0.2, 0) is 11.2 Å². The molecule has 0 amide bonds. The van der Waals surface area contributed by atoms with Crippen molar-refractivity contribution in [3.05, 3.63) is 29.3 Å². The molecule has 1 aromatic rings. The fourth-order valence-electron chi connectivity index (χ4n) is 2.95. The van der Waals surface area contributed by atoms with E-state index in [1.807, 2.05) is 6.92 Å². The summed E-state index contributed by atoms with van der Waals surface area (Å²) in [6.45, 7) is 4.31. The Morgan fingerprint density at radius 3 is 2.95 bits per heavy atom. The van der Waals surface area contributed by atoms with Crippen molar-refractivity contribution in [1.29, 1.82) is 0 Å². The fraction of sp³-hybridized carbons (Fsp3) is 0.562. The van der Waals surface area contributed by atoms with Crippen molar-refractivity contribution >= 4 is 11.7 Å². The van der Waals surface area contributed by atoms with Crippen LogP contribution in [0.2, 0.25) is 0 Å². The summed E-state index contributed by atoms with van der Waals surface area (Å²) in [5.41, 5.74) is 3.93. The van der Waals surface area contributed by atoms with Gasteiger partial charge in [0.1, 0.15) is 0 Å². The standard InChI is InChI=1S/C16H21NO2/c1-11(8-16(18)19)14-5-4-13-6-7-17(15(13)9-14)10-12-2-3-12/h4-5,9,11-12H,2-3,6-8,10H2,1H3,(H,18,19). The summed E-state index contributed by atoms with van der Waals surface area (Å²) in [6, 6.07) is 6.52. The maximum atomic E-state index is 10.8. The van der Waals surface area contributed by atoms with E-state index in [9.17, 15) is 4.79 Å². The Hall–Kier alpha value is -1.51. The molecule has 3 rings (SSSR count). The molecule has 102 valence electrons. The molecule has 1 atom stereocenters. The van der Waals surface area contributed by atoms with Crippen molar-refractivity contribution in [2.75, 3.05) is 18.0 Å². The van der Waals surface area contributed by atoms with Gasteiger partial charge in [-0.2, -0.15) is 0 Å². The molecule has 0 bridgehead atoms. The quantitative estimate of drug-likeness (QED) is 0.883. The zero-order chi connectivity index (χ0) is 13.4. The number of benzene rings is 1. The van der Waals surface area contributed by atoms with Gasteiger partial charge in [-0.3, -0.25) is 4.79 Å². The van der Waals surface area contributed by atoms with Gasteiger partial charge in [-0.25, -0.2) is 0 Å². The topological polar surface area (TPSA) is 40.5 Å². The average Bonchev–Trinajstić information content (AvgIpc) is 3.09. The molecule has 0 radical (unpaired) electrons. The number of nitrogens with zero attached hydrogens (tertiary/aromatic N) is 1. The molecule has 0 spiro atoms. The first-order valence-corrected chi connectivity index (χ1v) is 7.23. The van der Waals surface area contributed by atoms with Crippen LogP contribution in [0.25, 0.3) is 0 Å². The number of carboxylic acid groups (broad SMARTS) is 1. The molecule has 1 N–H and O–H groups in total. The van der Waals surface area contributed by atoms with Gasteiger partial charge in [0.25, 0.3) is 0 Å². The number of carbonyl (C=O) groups is 1. The van der Waals surface area contributed by atoms with Crippen LogP contribution in [0.15, 0.2) is 18.2 Å². The van der Waals surface area contributed by atoms with E-state index in [0.717, 1.165) is 24.4 Å². The average molecular weight is 259 g/mol. The maximum Gasteiger partial charge on any atom is 0.303 e. The van der Waals surface area contributed by atoms with E-state index in [1.165, 1.54) is 30.6 Å². The fourth-order valence-corrected chi connectivity index (χ4v) is 2.95. The second kappa shape index (κ2) is 4.87. The van der Waals surface area contributed by atoms with Gasteiger partial charge in [-0.05, 0) is 48.3 Å². The lowest BCUT2D eigenvalue weighted by Gasteiger charge is -2.20. The Balaban J connectivity index is 1.79. The zero-order valence-electron chi connectivity index (χ0n) is 11.4. The van der Waals surface area contributed by atoms with Crippen LogP contribution in [0.3, 0.4) is 0 Å². The van der Waals surface area contributed by atoms with Crippen molar-refractivity contribution in [1.82, 2.24) is 0 Å². The Labute approximate surface area is 114 Å². The second-order valence-corrected chi connectivity index (χ2v) is 6.03. The Morgan fingerprint density at radius 2 is 2.26 bits per heavy atom. The van der Waals surface area contributed by atoms with Gasteiger partial charge in [0.05, 0.1) is 6.42 Å². The highest BCUT2D eigenvalue weighted by atomic mass is 16.4. The normalized spacial score (nSPS) is 19.3. The molecular weight excluding hydrogens is 238 g/mol. The van der Waals surface area contributed by atoms with Gasteiger partial charge in [0.2, 0.25) is 0 Å². The first kappa shape index (κ1) is 12.5. The summed E-state index contributed by atoms with van der Waals surface area (Å²) in [6.07, 6.45) is 4.10. The van der Waals surface area contributed by atoms with Gasteiger partial charge in [-0.15, -0.1) is 0 Å². The summed E-state index contributed by atoms with van der Waals surface area (Å²) in [7, 11) is 0. The van der Waals surface area contributed by atoms with E-state index in [4.69, 9.17) is 5.11 Å². The van der Waals surface area contributed by atoms with Crippen LogP contribution in [-0.4, -0.2) is 24.2 Å². The van der Waals surface area contributed by atoms with Crippen molar-refractivity contribution in [3.63, 3.8) is 0 Å². The number of carboxylic acids is 1. The molecule has 1 unspecified atom stereocenters. The van der Waals surface area contributed by atoms with E-state index >= 15 is 0 Å². The van der Waals surface area contributed by atoms with Crippen molar-refractivity contribution in [2.45, 2.75) is 38.5 Å². The lowest BCUT2D eigenvalue weighted by atomic mass is 9.96. The summed E-state index contributed by atoms with van der Waals surface area (Å²) >= 11 is 0. The Kier molecular flexibility index (Phi) is 3.21. The van der Waals surface area contributed by atoms with Crippen LogP contribution in [0.4, 0.5) is 5.69 Å². The van der Waals surface area contributed by atoms with E-state index in [2.05, 4.69) is 23.1 Å². The molecule has 3 heteroatoms. The predicted octanol–water partition coefficient (Wildman–Crippen LogP) is 3.04. The molecule has 1 heterocycles. The molecule has 3 nitrogen and oxygen atoms in total. The van der Waals surface area contributed by atoms with Crippen molar-refractivity contribution < 1.29 is 9.90 Å². The lowest BCUT2D eigenvalue weighted by Crippen LogP contribution is -2.23. The third-order valence-electron chi connectivity index (χ3n) is 4.33. The van der Waals surface area contributed by atoms with Crippen LogP contribution in [0, 0.1) is 5.92 Å². The van der Waals surface area contributed by atoms with Gasteiger partial charge < -0.3 is 10.0 Å². The molecule has 1 aliphatic heterocycles. The summed E-state index contributed by atoms with van der Waals surface area (Å²) in [5, 5.41) is 8.91. The number of rotatable bonds is 5.